The molecule has 148 valence electrons. The Morgan fingerprint density at radius 3 is 2.35 bits per heavy atom. The number of rotatable bonds is 3. The number of hydrogen-bond donors (Lipinski definition) is 1. The molecule has 0 aliphatic heterocycles. The number of aliphatic hydroxyl groups is 1. The summed E-state index contributed by atoms with van der Waals surface area (Å²) < 4.78 is 11.6. The molecular formula is C23H38O3. The molecule has 1 N–H and O–H groups in total. The SMILES string of the molecule is C=CC1(O)CCC[C@H]2[C@@H]3CC[C@@H]4CC(OC)(OC)CC[C@@H]4[C@H]3CC[C@@]21C. The Balaban J connectivity index is 1.56. The Bertz CT molecular complexity index is 542. The van der Waals surface area contributed by atoms with Gasteiger partial charge in [0, 0.05) is 32.5 Å². The van der Waals surface area contributed by atoms with Crippen molar-refractivity contribution in [1.82, 2.24) is 0 Å². The van der Waals surface area contributed by atoms with Crippen LogP contribution in [0.3, 0.4) is 0 Å². The van der Waals surface area contributed by atoms with E-state index in [-0.39, 0.29) is 11.2 Å². The van der Waals surface area contributed by atoms with Crippen LogP contribution in [0.2, 0.25) is 0 Å². The van der Waals surface area contributed by atoms with Crippen LogP contribution in [0.25, 0.3) is 0 Å². The highest BCUT2D eigenvalue weighted by molar-refractivity contribution is 5.15. The van der Waals surface area contributed by atoms with Crippen LogP contribution in [0.1, 0.15) is 71.1 Å². The van der Waals surface area contributed by atoms with Gasteiger partial charge >= 0.3 is 0 Å². The highest BCUT2D eigenvalue weighted by Crippen LogP contribution is 2.64. The quantitative estimate of drug-likeness (QED) is 0.571. The van der Waals surface area contributed by atoms with E-state index in [0.29, 0.717) is 5.92 Å². The van der Waals surface area contributed by atoms with E-state index in [1.54, 1.807) is 14.2 Å². The zero-order chi connectivity index (χ0) is 18.6. The van der Waals surface area contributed by atoms with Crippen molar-refractivity contribution < 1.29 is 14.6 Å². The molecule has 4 saturated carbocycles. The fourth-order valence-corrected chi connectivity index (χ4v) is 7.88. The summed E-state index contributed by atoms with van der Waals surface area (Å²) in [5.41, 5.74) is -0.635. The lowest BCUT2D eigenvalue weighted by Gasteiger charge is -2.62. The molecule has 3 heteroatoms. The van der Waals surface area contributed by atoms with Gasteiger partial charge in [-0.15, -0.1) is 6.58 Å². The first-order chi connectivity index (χ1) is 12.4. The molecule has 0 bridgehead atoms. The highest BCUT2D eigenvalue weighted by Gasteiger charge is 2.60. The highest BCUT2D eigenvalue weighted by atomic mass is 16.7. The van der Waals surface area contributed by atoms with Gasteiger partial charge in [0.2, 0.25) is 0 Å². The third kappa shape index (κ3) is 2.57. The minimum atomic E-state index is -0.661. The van der Waals surface area contributed by atoms with Crippen LogP contribution in [-0.4, -0.2) is 30.7 Å². The van der Waals surface area contributed by atoms with Crippen LogP contribution in [0, 0.1) is 35.0 Å². The van der Waals surface area contributed by atoms with Crippen molar-refractivity contribution in [1.29, 1.82) is 0 Å². The molecule has 7 atom stereocenters. The molecular weight excluding hydrogens is 324 g/mol. The molecule has 0 aromatic rings. The van der Waals surface area contributed by atoms with Gasteiger partial charge in [-0.2, -0.15) is 0 Å². The van der Waals surface area contributed by atoms with E-state index in [4.69, 9.17) is 9.47 Å². The van der Waals surface area contributed by atoms with Gasteiger partial charge in [0.05, 0.1) is 5.60 Å². The molecule has 3 nitrogen and oxygen atoms in total. The van der Waals surface area contributed by atoms with E-state index in [9.17, 15) is 5.11 Å². The Kier molecular flexibility index (Phi) is 4.81. The smallest absolute Gasteiger partial charge is 0.167 e. The van der Waals surface area contributed by atoms with Gasteiger partial charge in [-0.25, -0.2) is 0 Å². The van der Waals surface area contributed by atoms with Crippen LogP contribution >= 0.6 is 0 Å². The molecule has 4 aliphatic carbocycles. The van der Waals surface area contributed by atoms with Gasteiger partial charge < -0.3 is 14.6 Å². The maximum absolute atomic E-state index is 11.3. The second-order valence-electron chi connectivity index (χ2n) is 9.97. The maximum Gasteiger partial charge on any atom is 0.167 e. The average molecular weight is 363 g/mol. The summed E-state index contributed by atoms with van der Waals surface area (Å²) >= 11 is 0. The predicted octanol–water partition coefficient (Wildman–Crippen LogP) is 4.94. The molecule has 0 aromatic heterocycles. The molecule has 4 rings (SSSR count). The maximum atomic E-state index is 11.3. The van der Waals surface area contributed by atoms with Gasteiger partial charge in [-0.1, -0.05) is 13.0 Å². The van der Waals surface area contributed by atoms with Crippen LogP contribution in [0.4, 0.5) is 0 Å². The van der Waals surface area contributed by atoms with Gasteiger partial charge in [0.1, 0.15) is 0 Å². The van der Waals surface area contributed by atoms with Gasteiger partial charge in [-0.3, -0.25) is 0 Å². The largest absolute Gasteiger partial charge is 0.385 e. The standard InChI is InChI=1S/C23H38O3/c1-5-22(24)12-6-7-20-19-9-8-16-15-23(25-3,26-4)14-11-17(16)18(19)10-13-21(20,22)2/h5,16-20,24H,1,6-15H2,2-4H3/t16-,17+,18-,19-,20+,21+,22?/m1/s1. The number of fused-ring (bicyclic) bond motifs is 5. The van der Waals surface area contributed by atoms with Crippen LogP contribution < -0.4 is 0 Å². The lowest BCUT2D eigenvalue weighted by atomic mass is 9.44. The fourth-order valence-electron chi connectivity index (χ4n) is 7.88. The number of hydrogen-bond acceptors (Lipinski definition) is 3. The summed E-state index contributed by atoms with van der Waals surface area (Å²) in [6.07, 6.45) is 13.6. The van der Waals surface area contributed by atoms with Gasteiger partial charge in [0.25, 0.3) is 0 Å². The molecule has 4 aliphatic rings. The minimum Gasteiger partial charge on any atom is -0.385 e. The van der Waals surface area contributed by atoms with E-state index < -0.39 is 5.60 Å². The third-order valence-electron chi connectivity index (χ3n) is 9.48. The number of methoxy groups -OCH3 is 2. The summed E-state index contributed by atoms with van der Waals surface area (Å²) in [6.45, 7) is 6.38. The van der Waals surface area contributed by atoms with E-state index in [0.717, 1.165) is 55.8 Å². The van der Waals surface area contributed by atoms with Crippen molar-refractivity contribution in [2.45, 2.75) is 82.5 Å². The van der Waals surface area contributed by atoms with E-state index in [1.165, 1.54) is 32.1 Å². The summed E-state index contributed by atoms with van der Waals surface area (Å²) in [5, 5.41) is 11.3. The number of ether oxygens (including phenoxy) is 2. The first-order valence-electron chi connectivity index (χ1n) is 10.9. The Morgan fingerprint density at radius 1 is 0.923 bits per heavy atom. The molecule has 0 radical (unpaired) electrons. The molecule has 0 aromatic carbocycles. The van der Waals surface area contributed by atoms with Crippen LogP contribution in [0.15, 0.2) is 12.7 Å². The normalized spacial score (nSPS) is 50.2. The second-order valence-corrected chi connectivity index (χ2v) is 9.97. The van der Waals surface area contributed by atoms with Crippen molar-refractivity contribution in [2.75, 3.05) is 14.2 Å². The molecule has 0 saturated heterocycles. The Morgan fingerprint density at radius 2 is 1.65 bits per heavy atom. The van der Waals surface area contributed by atoms with Crippen molar-refractivity contribution >= 4 is 0 Å². The minimum absolute atomic E-state index is 0.0263. The van der Waals surface area contributed by atoms with Crippen LogP contribution in [-0.2, 0) is 9.47 Å². The zero-order valence-corrected chi connectivity index (χ0v) is 17.0. The monoisotopic (exact) mass is 362 g/mol. The average Bonchev–Trinajstić information content (AvgIpc) is 2.68. The summed E-state index contributed by atoms with van der Waals surface area (Å²) in [5.74, 6) is 3.53. The fraction of sp³-hybridized carbons (Fsp3) is 0.913. The van der Waals surface area contributed by atoms with E-state index in [1.807, 2.05) is 6.08 Å². The third-order valence-corrected chi connectivity index (χ3v) is 9.48. The Labute approximate surface area is 159 Å². The summed E-state index contributed by atoms with van der Waals surface area (Å²) in [7, 11) is 3.61. The topological polar surface area (TPSA) is 38.7 Å². The van der Waals surface area contributed by atoms with E-state index in [2.05, 4.69) is 13.5 Å². The van der Waals surface area contributed by atoms with E-state index >= 15 is 0 Å². The first-order valence-corrected chi connectivity index (χ1v) is 10.9. The Hall–Kier alpha value is -0.380. The predicted molar refractivity (Wildman–Crippen MR) is 104 cm³/mol. The molecule has 0 heterocycles. The molecule has 0 spiro atoms. The lowest BCUT2D eigenvalue weighted by Crippen LogP contribution is -2.60. The van der Waals surface area contributed by atoms with Gasteiger partial charge in [-0.05, 0) is 81.0 Å². The molecule has 1 unspecified atom stereocenters. The van der Waals surface area contributed by atoms with Crippen molar-refractivity contribution in [2.24, 2.45) is 35.0 Å². The molecule has 0 amide bonds. The van der Waals surface area contributed by atoms with Gasteiger partial charge in [0.15, 0.2) is 5.79 Å². The summed E-state index contributed by atoms with van der Waals surface area (Å²) in [4.78, 5) is 0. The van der Waals surface area contributed by atoms with Crippen LogP contribution in [0.5, 0.6) is 0 Å². The van der Waals surface area contributed by atoms with Crippen molar-refractivity contribution in [3.05, 3.63) is 12.7 Å². The summed E-state index contributed by atoms with van der Waals surface area (Å²) in [6, 6.07) is 0. The van der Waals surface area contributed by atoms with Crippen molar-refractivity contribution in [3.8, 4) is 0 Å². The molecule has 4 fully saturated rings. The lowest BCUT2D eigenvalue weighted by molar-refractivity contribution is -0.250. The van der Waals surface area contributed by atoms with Crippen molar-refractivity contribution in [3.63, 3.8) is 0 Å². The first kappa shape index (κ1) is 19.0. The zero-order valence-electron chi connectivity index (χ0n) is 17.0. The second kappa shape index (κ2) is 6.60. The molecule has 26 heavy (non-hydrogen) atoms.